The Morgan fingerprint density at radius 1 is 1.00 bits per heavy atom. The summed E-state index contributed by atoms with van der Waals surface area (Å²) in [5.41, 5.74) is 5.04. The fourth-order valence-electron chi connectivity index (χ4n) is 5.76. The second kappa shape index (κ2) is 12.5. The number of likely N-dealkylation sites (tertiary alicyclic amines) is 2. The normalized spacial score (nSPS) is 20.6. The van der Waals surface area contributed by atoms with Gasteiger partial charge in [0.1, 0.15) is 5.78 Å². The molecule has 1 unspecified atom stereocenters. The quantitative estimate of drug-likeness (QED) is 0.389. The Hall–Kier alpha value is -1.28. The molecule has 8 heteroatoms. The van der Waals surface area contributed by atoms with E-state index in [9.17, 15) is 9.59 Å². The van der Waals surface area contributed by atoms with Gasteiger partial charge in [-0.3, -0.25) is 19.5 Å². The Morgan fingerprint density at radius 2 is 1.67 bits per heavy atom. The molecule has 1 aromatic heterocycles. The highest BCUT2D eigenvalue weighted by atomic mass is 79.9. The number of halogens is 3. The van der Waals surface area contributed by atoms with Gasteiger partial charge in [0.05, 0.1) is 12.2 Å². The maximum Gasteiger partial charge on any atom is 0.236 e. The number of carbonyl (C=O) groups is 2. The number of carbonyl (C=O) groups excluding carboxylic acids is 2. The molecule has 2 saturated heterocycles. The zero-order valence-electron chi connectivity index (χ0n) is 21.0. The number of piperidine rings is 2. The molecule has 1 atom stereocenters. The number of hydrogen-bond acceptors (Lipinski definition) is 4. The van der Waals surface area contributed by atoms with Crippen molar-refractivity contribution in [2.24, 2.45) is 5.92 Å². The first kappa shape index (κ1) is 27.7. The molecule has 0 saturated carbocycles. The van der Waals surface area contributed by atoms with Crippen molar-refractivity contribution >= 4 is 55.2 Å². The lowest BCUT2D eigenvalue weighted by Crippen LogP contribution is -2.46. The SMILES string of the molecule is CC.O=C1CCN(CC(=O)N2CCC(C3c4ncc(Br)cc4CCc4cc(Cl)cc(Br)c43)CC2)CC1. The standard InChI is InChI=1S/C26H28Br2ClN3O2.C2H6/c27-19-11-18-2-1-17-12-20(29)13-22(28)24(17)25(26(18)30-14-19)16-3-9-32(10-4-16)23(34)15-31-7-5-21(33)6-8-31;1-2/h11-14,16,25H,1-10,15H2;1-2H3. The monoisotopic (exact) mass is 637 g/mol. The van der Waals surface area contributed by atoms with E-state index < -0.39 is 0 Å². The Kier molecular flexibility index (Phi) is 9.64. The van der Waals surface area contributed by atoms with Crippen molar-refractivity contribution in [1.29, 1.82) is 0 Å². The van der Waals surface area contributed by atoms with Crippen LogP contribution >= 0.6 is 43.5 Å². The summed E-state index contributed by atoms with van der Waals surface area (Å²) in [4.78, 5) is 33.5. The van der Waals surface area contributed by atoms with Crippen LogP contribution in [-0.4, -0.2) is 59.2 Å². The third kappa shape index (κ3) is 6.23. The summed E-state index contributed by atoms with van der Waals surface area (Å²) in [5, 5.41) is 0.754. The molecule has 0 spiro atoms. The summed E-state index contributed by atoms with van der Waals surface area (Å²) < 4.78 is 2.06. The lowest BCUT2D eigenvalue weighted by Gasteiger charge is -2.38. The average Bonchev–Trinajstić information content (AvgIpc) is 3.03. The van der Waals surface area contributed by atoms with Gasteiger partial charge in [-0.05, 0) is 82.4 Å². The lowest BCUT2D eigenvalue weighted by molar-refractivity contribution is -0.135. The predicted molar refractivity (Wildman–Crippen MR) is 152 cm³/mol. The number of rotatable bonds is 3. The molecule has 1 aromatic carbocycles. The molecule has 2 aliphatic heterocycles. The molecule has 3 aliphatic rings. The van der Waals surface area contributed by atoms with Crippen LogP contribution in [0.4, 0.5) is 0 Å². The number of aromatic nitrogens is 1. The summed E-state index contributed by atoms with van der Waals surface area (Å²) in [6, 6.07) is 6.32. The first-order valence-electron chi connectivity index (χ1n) is 13.0. The number of fused-ring (bicyclic) bond motifs is 2. The largest absolute Gasteiger partial charge is 0.342 e. The maximum atomic E-state index is 13.0. The van der Waals surface area contributed by atoms with Crippen LogP contribution in [0.25, 0.3) is 0 Å². The van der Waals surface area contributed by atoms with Crippen LogP contribution in [0.2, 0.25) is 5.02 Å². The van der Waals surface area contributed by atoms with Gasteiger partial charge in [0.15, 0.2) is 0 Å². The van der Waals surface area contributed by atoms with Crippen LogP contribution < -0.4 is 0 Å². The fraction of sp³-hybridized carbons (Fsp3) is 0.536. The molecule has 0 radical (unpaired) electrons. The maximum absolute atomic E-state index is 13.0. The molecule has 36 heavy (non-hydrogen) atoms. The molecule has 3 heterocycles. The lowest BCUT2D eigenvalue weighted by atomic mass is 9.76. The average molecular weight is 640 g/mol. The van der Waals surface area contributed by atoms with Gasteiger partial charge >= 0.3 is 0 Å². The third-order valence-corrected chi connectivity index (χ3v) is 8.86. The van der Waals surface area contributed by atoms with Crippen molar-refractivity contribution in [1.82, 2.24) is 14.8 Å². The van der Waals surface area contributed by atoms with Crippen molar-refractivity contribution < 1.29 is 9.59 Å². The second-order valence-electron chi connectivity index (χ2n) is 9.67. The molecule has 5 rings (SSSR count). The van der Waals surface area contributed by atoms with Crippen molar-refractivity contribution in [3.63, 3.8) is 0 Å². The molecule has 0 N–H and O–H groups in total. The second-order valence-corrected chi connectivity index (χ2v) is 11.9. The van der Waals surface area contributed by atoms with Crippen LogP contribution in [0.3, 0.4) is 0 Å². The fourth-order valence-corrected chi connectivity index (χ4v) is 7.26. The minimum absolute atomic E-state index is 0.178. The molecule has 2 aromatic rings. The van der Waals surface area contributed by atoms with E-state index in [1.54, 1.807) is 0 Å². The molecule has 5 nitrogen and oxygen atoms in total. The number of Topliss-reactive ketones (excluding diaryl/α,β-unsaturated/α-hetero) is 1. The van der Waals surface area contributed by atoms with Crippen LogP contribution in [0.1, 0.15) is 67.8 Å². The Bertz CT molecular complexity index is 1110. The third-order valence-electron chi connectivity index (χ3n) is 7.55. The summed E-state index contributed by atoms with van der Waals surface area (Å²) in [6.45, 7) is 7.36. The Balaban J connectivity index is 0.00000148. The topological polar surface area (TPSA) is 53.5 Å². The van der Waals surface area contributed by atoms with Crippen LogP contribution in [0, 0.1) is 5.92 Å². The number of benzene rings is 1. The van der Waals surface area contributed by atoms with Crippen molar-refractivity contribution in [2.75, 3.05) is 32.7 Å². The summed E-state index contributed by atoms with van der Waals surface area (Å²) in [7, 11) is 0. The summed E-state index contributed by atoms with van der Waals surface area (Å²) >= 11 is 13.8. The van der Waals surface area contributed by atoms with Gasteiger partial charge in [0.2, 0.25) is 5.91 Å². The van der Waals surface area contributed by atoms with Gasteiger partial charge in [-0.1, -0.05) is 41.4 Å². The van der Waals surface area contributed by atoms with Gasteiger partial charge in [-0.2, -0.15) is 0 Å². The molecular weight excluding hydrogens is 606 g/mol. The predicted octanol–water partition coefficient (Wildman–Crippen LogP) is 6.42. The zero-order chi connectivity index (χ0) is 25.8. The first-order chi connectivity index (χ1) is 17.4. The first-order valence-corrected chi connectivity index (χ1v) is 15.0. The minimum atomic E-state index is 0.178. The molecular formula is C28H34Br2ClN3O2. The molecule has 194 valence electrons. The number of amides is 1. The van der Waals surface area contributed by atoms with E-state index in [2.05, 4.69) is 48.9 Å². The van der Waals surface area contributed by atoms with Gasteiger partial charge < -0.3 is 4.90 Å². The van der Waals surface area contributed by atoms with Crippen LogP contribution in [0.15, 0.2) is 33.3 Å². The van der Waals surface area contributed by atoms with E-state index in [1.165, 1.54) is 16.7 Å². The van der Waals surface area contributed by atoms with E-state index in [0.717, 1.165) is 58.4 Å². The molecule has 2 fully saturated rings. The smallest absolute Gasteiger partial charge is 0.236 e. The van der Waals surface area contributed by atoms with Gasteiger partial charge in [0, 0.05) is 65.1 Å². The van der Waals surface area contributed by atoms with Crippen molar-refractivity contribution in [3.8, 4) is 0 Å². The number of nitrogens with zero attached hydrogens (tertiary/aromatic N) is 3. The minimum Gasteiger partial charge on any atom is -0.342 e. The summed E-state index contributed by atoms with van der Waals surface area (Å²) in [5.74, 6) is 1.07. The number of aryl methyl sites for hydroxylation is 2. The van der Waals surface area contributed by atoms with Gasteiger partial charge in [-0.15, -0.1) is 0 Å². The van der Waals surface area contributed by atoms with E-state index in [4.69, 9.17) is 16.6 Å². The molecule has 1 amide bonds. The number of ketones is 1. The van der Waals surface area contributed by atoms with E-state index in [0.29, 0.717) is 44.2 Å². The highest BCUT2D eigenvalue weighted by Gasteiger charge is 2.36. The Morgan fingerprint density at radius 3 is 2.36 bits per heavy atom. The highest BCUT2D eigenvalue weighted by Crippen LogP contribution is 2.46. The van der Waals surface area contributed by atoms with Gasteiger partial charge in [-0.25, -0.2) is 0 Å². The number of hydrogen-bond donors (Lipinski definition) is 0. The molecule has 0 bridgehead atoms. The van der Waals surface area contributed by atoms with Crippen molar-refractivity contribution in [2.45, 2.75) is 58.3 Å². The van der Waals surface area contributed by atoms with Crippen LogP contribution in [-0.2, 0) is 22.4 Å². The zero-order valence-corrected chi connectivity index (χ0v) is 25.0. The molecule has 1 aliphatic carbocycles. The number of pyridine rings is 1. The van der Waals surface area contributed by atoms with Gasteiger partial charge in [0.25, 0.3) is 0 Å². The summed E-state index contributed by atoms with van der Waals surface area (Å²) in [6.07, 6.45) is 6.80. The van der Waals surface area contributed by atoms with Crippen LogP contribution in [0.5, 0.6) is 0 Å². The van der Waals surface area contributed by atoms with E-state index in [1.807, 2.05) is 31.0 Å². The Labute approximate surface area is 236 Å². The highest BCUT2D eigenvalue weighted by molar-refractivity contribution is 9.10. The van der Waals surface area contributed by atoms with Crippen molar-refractivity contribution in [3.05, 3.63) is 60.7 Å². The van der Waals surface area contributed by atoms with E-state index in [-0.39, 0.29) is 11.8 Å². The van der Waals surface area contributed by atoms with E-state index >= 15 is 0 Å².